The monoisotopic (exact) mass is 340 g/mol. The first kappa shape index (κ1) is 15.4. The maximum atomic E-state index is 10.1. The molecular formula is C11H18BrClN2OS. The van der Waals surface area contributed by atoms with Crippen molar-refractivity contribution in [3.8, 4) is 0 Å². The van der Waals surface area contributed by atoms with Gasteiger partial charge >= 0.3 is 0 Å². The molecule has 17 heavy (non-hydrogen) atoms. The number of hydrogen-bond acceptors (Lipinski definition) is 4. The predicted octanol–water partition coefficient (Wildman–Crippen LogP) is 2.57. The van der Waals surface area contributed by atoms with Gasteiger partial charge in [-0.1, -0.05) is 11.6 Å². The van der Waals surface area contributed by atoms with Crippen molar-refractivity contribution in [1.29, 1.82) is 0 Å². The summed E-state index contributed by atoms with van der Waals surface area (Å²) >= 11 is 10.9. The highest BCUT2D eigenvalue weighted by Gasteiger charge is 2.20. The molecule has 1 unspecified atom stereocenters. The number of aliphatic hydroxyl groups is 1. The zero-order chi connectivity index (χ0) is 13.1. The molecule has 6 heteroatoms. The normalized spacial score (nSPS) is 15.2. The summed E-state index contributed by atoms with van der Waals surface area (Å²) in [7, 11) is 3.90. The van der Waals surface area contributed by atoms with E-state index in [4.69, 9.17) is 11.6 Å². The third kappa shape index (κ3) is 5.68. The molecule has 0 bridgehead atoms. The highest BCUT2D eigenvalue weighted by molar-refractivity contribution is 9.10. The molecule has 0 spiro atoms. The summed E-state index contributed by atoms with van der Waals surface area (Å²) in [6.07, 6.45) is 0. The molecule has 0 saturated carbocycles. The lowest BCUT2D eigenvalue weighted by molar-refractivity contribution is 0.0336. The lowest BCUT2D eigenvalue weighted by atomic mass is 10.1. The van der Waals surface area contributed by atoms with E-state index in [0.29, 0.717) is 13.1 Å². The molecule has 0 aliphatic heterocycles. The van der Waals surface area contributed by atoms with Crippen LogP contribution in [0.15, 0.2) is 10.5 Å². The molecule has 0 saturated heterocycles. The van der Waals surface area contributed by atoms with E-state index in [9.17, 15) is 5.11 Å². The summed E-state index contributed by atoms with van der Waals surface area (Å²) in [4.78, 5) is 3.13. The Balaban J connectivity index is 2.37. The second kappa shape index (κ2) is 6.50. The molecule has 1 aromatic heterocycles. The largest absolute Gasteiger partial charge is 0.388 e. The number of nitrogens with zero attached hydrogens (tertiary/aromatic N) is 1. The fourth-order valence-corrected chi connectivity index (χ4v) is 3.43. The summed E-state index contributed by atoms with van der Waals surface area (Å²) in [5, 5.41) is 13.3. The van der Waals surface area contributed by atoms with Gasteiger partial charge in [-0.05, 0) is 43.0 Å². The molecule has 0 amide bonds. The van der Waals surface area contributed by atoms with Gasteiger partial charge in [0.25, 0.3) is 0 Å². The van der Waals surface area contributed by atoms with Gasteiger partial charge in [0.05, 0.1) is 5.60 Å². The summed E-state index contributed by atoms with van der Waals surface area (Å²) in [6.45, 7) is 3.74. The average Bonchev–Trinajstić information content (AvgIpc) is 2.43. The minimum atomic E-state index is -0.720. The number of thiophene rings is 1. The third-order valence-electron chi connectivity index (χ3n) is 2.16. The van der Waals surface area contributed by atoms with Crippen LogP contribution in [0, 0.1) is 0 Å². The Kier molecular flexibility index (Phi) is 5.89. The zero-order valence-corrected chi connectivity index (χ0v) is 13.4. The first-order valence-electron chi connectivity index (χ1n) is 5.32. The summed E-state index contributed by atoms with van der Waals surface area (Å²) in [5.74, 6) is 0. The lowest BCUT2D eigenvalue weighted by Crippen LogP contribution is -2.45. The number of nitrogens with one attached hydrogen (secondary N) is 1. The topological polar surface area (TPSA) is 35.5 Å². The number of likely N-dealkylation sites (N-methyl/N-ethyl adjacent to an activating group) is 1. The van der Waals surface area contributed by atoms with Crippen LogP contribution in [0.3, 0.4) is 0 Å². The Hall–Kier alpha value is 0.350. The maximum Gasteiger partial charge on any atom is 0.107 e. The molecule has 2 N–H and O–H groups in total. The van der Waals surface area contributed by atoms with Gasteiger partial charge in [-0.15, -0.1) is 11.3 Å². The molecule has 1 rings (SSSR count). The van der Waals surface area contributed by atoms with Crippen LogP contribution in [0.4, 0.5) is 0 Å². The summed E-state index contributed by atoms with van der Waals surface area (Å²) in [6, 6.07) is 2.00. The van der Waals surface area contributed by atoms with Crippen molar-refractivity contribution in [1.82, 2.24) is 10.2 Å². The molecule has 1 aromatic rings. The van der Waals surface area contributed by atoms with E-state index in [1.807, 2.05) is 32.0 Å². The minimum absolute atomic E-state index is 0.554. The van der Waals surface area contributed by atoms with Gasteiger partial charge in [0.2, 0.25) is 0 Å². The number of halogens is 2. The second-order valence-corrected chi connectivity index (χ2v) is 7.27. The van der Waals surface area contributed by atoms with Crippen molar-refractivity contribution in [3.05, 3.63) is 19.8 Å². The second-order valence-electron chi connectivity index (χ2n) is 4.67. The summed E-state index contributed by atoms with van der Waals surface area (Å²) in [5.41, 5.74) is -0.720. The zero-order valence-electron chi connectivity index (χ0n) is 10.3. The predicted molar refractivity (Wildman–Crippen MR) is 77.9 cm³/mol. The molecule has 1 atom stereocenters. The van der Waals surface area contributed by atoms with Crippen LogP contribution in [0.1, 0.15) is 11.8 Å². The molecule has 1 heterocycles. The molecule has 0 aromatic carbocycles. The van der Waals surface area contributed by atoms with E-state index in [0.717, 1.165) is 20.2 Å². The Morgan fingerprint density at radius 3 is 2.71 bits per heavy atom. The van der Waals surface area contributed by atoms with Gasteiger partial charge in [-0.25, -0.2) is 0 Å². The van der Waals surface area contributed by atoms with Crippen LogP contribution in [0.2, 0.25) is 4.34 Å². The van der Waals surface area contributed by atoms with Gasteiger partial charge in [-0.3, -0.25) is 0 Å². The van der Waals surface area contributed by atoms with Gasteiger partial charge in [0.1, 0.15) is 4.34 Å². The highest BCUT2D eigenvalue weighted by Crippen LogP contribution is 2.31. The minimum Gasteiger partial charge on any atom is -0.388 e. The number of rotatable bonds is 6. The van der Waals surface area contributed by atoms with E-state index in [2.05, 4.69) is 21.2 Å². The number of hydrogen-bond donors (Lipinski definition) is 2. The Morgan fingerprint density at radius 2 is 2.24 bits per heavy atom. The van der Waals surface area contributed by atoms with E-state index in [1.165, 1.54) is 0 Å². The average molecular weight is 342 g/mol. The van der Waals surface area contributed by atoms with Crippen LogP contribution >= 0.6 is 38.9 Å². The first-order chi connectivity index (χ1) is 7.80. The quantitative estimate of drug-likeness (QED) is 0.835. The Bertz CT molecular complexity index is 349. The van der Waals surface area contributed by atoms with Crippen LogP contribution < -0.4 is 5.32 Å². The van der Waals surface area contributed by atoms with Crippen LogP contribution in [0.25, 0.3) is 0 Å². The van der Waals surface area contributed by atoms with Gasteiger partial charge in [-0.2, -0.15) is 0 Å². The molecule has 3 nitrogen and oxygen atoms in total. The molecule has 0 radical (unpaired) electrons. The van der Waals surface area contributed by atoms with Gasteiger partial charge in [0.15, 0.2) is 0 Å². The van der Waals surface area contributed by atoms with Gasteiger partial charge in [0, 0.05) is 29.0 Å². The van der Waals surface area contributed by atoms with E-state index < -0.39 is 5.60 Å². The van der Waals surface area contributed by atoms with Crippen LogP contribution in [-0.4, -0.2) is 42.8 Å². The van der Waals surface area contributed by atoms with Crippen LogP contribution in [0.5, 0.6) is 0 Å². The third-order valence-corrected chi connectivity index (χ3v) is 4.63. The SMILES string of the molecule is CN(C)CC(C)(O)CNCc1cc(Br)c(Cl)s1. The van der Waals surface area contributed by atoms with Gasteiger partial charge < -0.3 is 15.3 Å². The summed E-state index contributed by atoms with van der Waals surface area (Å²) < 4.78 is 1.70. The van der Waals surface area contributed by atoms with E-state index in [1.54, 1.807) is 11.3 Å². The van der Waals surface area contributed by atoms with Crippen molar-refractivity contribution in [2.45, 2.75) is 19.1 Å². The Labute approximate surface area is 120 Å². The molecular weight excluding hydrogens is 324 g/mol. The standard InChI is InChI=1S/C11H18BrClN2OS/c1-11(16,7-15(2)3)6-14-5-8-4-9(12)10(13)17-8/h4,14,16H,5-7H2,1-3H3. The van der Waals surface area contributed by atoms with Crippen molar-refractivity contribution in [3.63, 3.8) is 0 Å². The van der Waals surface area contributed by atoms with Crippen molar-refractivity contribution >= 4 is 38.9 Å². The maximum absolute atomic E-state index is 10.1. The molecule has 0 aliphatic rings. The smallest absolute Gasteiger partial charge is 0.107 e. The molecule has 0 aliphatic carbocycles. The Morgan fingerprint density at radius 1 is 1.59 bits per heavy atom. The fraction of sp³-hybridized carbons (Fsp3) is 0.636. The van der Waals surface area contributed by atoms with Crippen molar-refractivity contribution in [2.24, 2.45) is 0 Å². The highest BCUT2D eigenvalue weighted by atomic mass is 79.9. The van der Waals surface area contributed by atoms with Crippen LogP contribution in [-0.2, 0) is 6.54 Å². The molecule has 0 fully saturated rings. The van der Waals surface area contributed by atoms with E-state index >= 15 is 0 Å². The fourth-order valence-electron chi connectivity index (χ4n) is 1.67. The van der Waals surface area contributed by atoms with Crippen molar-refractivity contribution in [2.75, 3.05) is 27.2 Å². The van der Waals surface area contributed by atoms with E-state index in [-0.39, 0.29) is 0 Å². The molecule has 98 valence electrons. The first-order valence-corrected chi connectivity index (χ1v) is 7.30. The van der Waals surface area contributed by atoms with Crippen molar-refractivity contribution < 1.29 is 5.11 Å². The lowest BCUT2D eigenvalue weighted by Gasteiger charge is -2.27.